The summed E-state index contributed by atoms with van der Waals surface area (Å²) < 4.78 is 8.63. The zero-order valence-corrected chi connectivity index (χ0v) is 75.0. The molecule has 0 spiro atoms. The van der Waals surface area contributed by atoms with Gasteiger partial charge < -0.3 is 39.4 Å². The lowest BCUT2D eigenvalue weighted by Gasteiger charge is -2.28. The molecule has 588 valence electrons. The molecule has 0 unspecified atom stereocenters. The highest BCUT2D eigenvalue weighted by atomic mass is 32.1. The summed E-state index contributed by atoms with van der Waals surface area (Å²) in [6, 6.07) is 37.4. The zero-order valence-electron chi connectivity index (χ0n) is 72.5. The summed E-state index contributed by atoms with van der Waals surface area (Å²) >= 11 is 5.96. The number of fused-ring (bicyclic) bond motifs is 26. The van der Waals surface area contributed by atoms with Crippen LogP contribution in [0, 0.1) is 111 Å². The Balaban J connectivity index is 0.000000126. The Kier molecular flexibility index (Phi) is 23.5. The van der Waals surface area contributed by atoms with Gasteiger partial charge in [-0.25, -0.2) is 9.97 Å². The normalized spacial score (nSPS) is 15.7. The summed E-state index contributed by atoms with van der Waals surface area (Å²) in [7, 11) is 13.5. The standard InChI is InChI=1S/C30H24S3.C28H30N4.C24H24.C18H42N6/c1-13-7-19-22(10-16(13)4)31-28-25(19)29-27(20-8-14(2)17(5)11-23(20)32-29)30-26(28)21-9-15(3)18(6)12-24(21)33-30;1-13-14(2)22-10-24-17(5)18(6)26(31-24)12-28-20(8)19(7)27(32-28)11-25-16(4)15(3)23(30-25)9-21(13)29-22;1-13-7-19-20(8-14(13)2)22-10-16(4)18(6)12-24(22)23-11-17(5)15(3)9-21(19)23;1-19-7-9-20(2)11-13-22(4)15-17-24(6)18-16-23(5)14-12-21(3)10-8-19/h7-12H,1-6H3;9-12,29-30H,1-8H3;7-12H,1-6H3;7-18H2,1-6H3. The summed E-state index contributed by atoms with van der Waals surface area (Å²) in [5, 5.41) is 17.0. The van der Waals surface area contributed by atoms with Crippen molar-refractivity contribution in [1.29, 1.82) is 0 Å². The number of benzene rings is 8. The molecule has 0 aliphatic carbocycles. The molecule has 3 aliphatic heterocycles. The van der Waals surface area contributed by atoms with Crippen molar-refractivity contribution in [2.24, 2.45) is 0 Å². The number of allylic oxidation sites excluding steroid dienone is 4. The third kappa shape index (κ3) is 16.1. The molecule has 0 saturated carbocycles. The number of aryl methyl sites for hydroxylation is 16. The van der Waals surface area contributed by atoms with Gasteiger partial charge in [0.1, 0.15) is 0 Å². The van der Waals surface area contributed by atoms with Crippen LogP contribution < -0.4 is 0 Å². The van der Waals surface area contributed by atoms with Gasteiger partial charge in [-0.3, -0.25) is 0 Å². The lowest BCUT2D eigenvalue weighted by Crippen LogP contribution is -2.42. The molecule has 9 heterocycles. The fourth-order valence-corrected chi connectivity index (χ4v) is 20.5. The fourth-order valence-electron chi connectivity index (χ4n) is 16.3. The number of H-pyrrole nitrogens is 2. The monoisotopic (exact) mass is 1560 g/mol. The van der Waals surface area contributed by atoms with Crippen LogP contribution in [0.15, 0.2) is 97.1 Å². The highest BCUT2D eigenvalue weighted by molar-refractivity contribution is 7.34. The summed E-state index contributed by atoms with van der Waals surface area (Å²) in [6.07, 6.45) is 0. The third-order valence-corrected chi connectivity index (χ3v) is 29.6. The van der Waals surface area contributed by atoms with Gasteiger partial charge in [-0.2, -0.15) is 0 Å². The van der Waals surface area contributed by atoms with Crippen LogP contribution in [0.4, 0.5) is 0 Å². The van der Waals surface area contributed by atoms with Gasteiger partial charge in [0.15, 0.2) is 0 Å². The van der Waals surface area contributed by atoms with E-state index in [1.807, 2.05) is 34.0 Å². The first kappa shape index (κ1) is 81.1. The Morgan fingerprint density at radius 1 is 0.221 bits per heavy atom. The summed E-state index contributed by atoms with van der Waals surface area (Å²) in [5.41, 5.74) is 34.9. The molecule has 0 atom stereocenters. The van der Waals surface area contributed by atoms with Crippen molar-refractivity contribution in [3.63, 3.8) is 0 Å². The van der Waals surface area contributed by atoms with E-state index in [1.54, 1.807) is 0 Å². The molecule has 113 heavy (non-hydrogen) atoms. The van der Waals surface area contributed by atoms with E-state index in [4.69, 9.17) is 9.97 Å². The molecule has 14 aromatic rings. The Hall–Kier alpha value is -8.44. The number of hydrogen-bond donors (Lipinski definition) is 2. The Morgan fingerprint density at radius 3 is 0.611 bits per heavy atom. The molecular formula is C100H120N10S3. The molecule has 0 radical (unpaired) electrons. The fraction of sp³-hybridized carbons (Fsp3) is 0.380. The summed E-state index contributed by atoms with van der Waals surface area (Å²) in [6.45, 7) is 57.8. The number of thiophene rings is 3. The second-order valence-corrected chi connectivity index (χ2v) is 37.4. The Bertz CT molecular complexity index is 5660. The Labute approximate surface area is 683 Å². The summed E-state index contributed by atoms with van der Waals surface area (Å²) in [4.78, 5) is 32.0. The van der Waals surface area contributed by atoms with Crippen LogP contribution in [0.2, 0.25) is 0 Å². The van der Waals surface area contributed by atoms with Crippen molar-refractivity contribution in [2.45, 2.75) is 138 Å². The van der Waals surface area contributed by atoms with Crippen molar-refractivity contribution in [3.05, 3.63) is 209 Å². The first-order valence-corrected chi connectivity index (χ1v) is 43.3. The van der Waals surface area contributed by atoms with Crippen LogP contribution in [0.5, 0.6) is 0 Å². The minimum atomic E-state index is 0.995. The number of likely N-dealkylation sites (N-methyl/N-ethyl adjacent to an activating group) is 6. The molecule has 8 bridgehead atoms. The first-order valence-electron chi connectivity index (χ1n) is 40.8. The molecule has 13 heteroatoms. The van der Waals surface area contributed by atoms with Crippen molar-refractivity contribution < 1.29 is 0 Å². The highest BCUT2D eigenvalue weighted by Gasteiger charge is 2.25. The van der Waals surface area contributed by atoms with E-state index in [0.717, 1.165) is 123 Å². The molecule has 17 rings (SSSR count). The van der Waals surface area contributed by atoms with Crippen LogP contribution in [0.25, 0.3) is 137 Å². The quantitative estimate of drug-likeness (QED) is 0.146. The maximum Gasteiger partial charge on any atom is 0.0691 e. The molecular weight excluding hydrogens is 1440 g/mol. The Morgan fingerprint density at radius 2 is 0.398 bits per heavy atom. The molecule has 10 nitrogen and oxygen atoms in total. The van der Waals surface area contributed by atoms with Gasteiger partial charge in [-0.1, -0.05) is 36.4 Å². The predicted octanol–water partition coefficient (Wildman–Crippen LogP) is 24.7. The molecule has 2 N–H and O–H groups in total. The van der Waals surface area contributed by atoms with Gasteiger partial charge in [-0.15, -0.1) is 34.0 Å². The number of nitrogens with one attached hydrogen (secondary N) is 2. The minimum Gasteiger partial charge on any atom is -0.355 e. The van der Waals surface area contributed by atoms with E-state index >= 15 is 0 Å². The van der Waals surface area contributed by atoms with Gasteiger partial charge in [0.05, 0.1) is 22.8 Å². The summed E-state index contributed by atoms with van der Waals surface area (Å²) in [5.74, 6) is 0. The maximum atomic E-state index is 4.99. The predicted molar refractivity (Wildman–Crippen MR) is 502 cm³/mol. The van der Waals surface area contributed by atoms with Gasteiger partial charge in [0, 0.05) is 161 Å². The largest absolute Gasteiger partial charge is 0.355 e. The highest BCUT2D eigenvalue weighted by Crippen LogP contribution is 2.54. The van der Waals surface area contributed by atoms with Crippen molar-refractivity contribution in [2.75, 3.05) is 121 Å². The molecule has 6 aromatic heterocycles. The second kappa shape index (κ2) is 32.7. The van der Waals surface area contributed by atoms with Crippen molar-refractivity contribution in [1.82, 2.24) is 49.3 Å². The van der Waals surface area contributed by atoms with Crippen LogP contribution in [0.3, 0.4) is 0 Å². The molecule has 0 amide bonds. The lowest BCUT2D eigenvalue weighted by molar-refractivity contribution is 0.181. The number of hydrogen-bond acceptors (Lipinski definition) is 11. The third-order valence-electron chi connectivity index (χ3n) is 26.1. The van der Waals surface area contributed by atoms with Crippen LogP contribution in [-0.2, 0) is 0 Å². The van der Waals surface area contributed by atoms with Gasteiger partial charge in [-0.05, 0) is 385 Å². The zero-order chi connectivity index (χ0) is 80.8. The number of aromatic nitrogens is 4. The second-order valence-electron chi connectivity index (χ2n) is 34.2. The van der Waals surface area contributed by atoms with E-state index < -0.39 is 0 Å². The van der Waals surface area contributed by atoms with Crippen LogP contribution in [0.1, 0.15) is 139 Å². The number of rotatable bonds is 0. The molecule has 8 aromatic carbocycles. The average Bonchev–Trinajstić information content (AvgIpc) is 1.56. The molecule has 3 aliphatic rings. The number of aromatic amines is 2. The average molecular weight is 1560 g/mol. The first-order chi connectivity index (χ1) is 53.7. The van der Waals surface area contributed by atoms with E-state index in [-0.39, 0.29) is 0 Å². The topological polar surface area (TPSA) is 76.8 Å². The van der Waals surface area contributed by atoms with Crippen LogP contribution >= 0.6 is 34.0 Å². The minimum absolute atomic E-state index is 0.995. The van der Waals surface area contributed by atoms with Crippen molar-refractivity contribution in [3.8, 4) is 0 Å². The lowest BCUT2D eigenvalue weighted by atomic mass is 9.88. The smallest absolute Gasteiger partial charge is 0.0691 e. The maximum absolute atomic E-state index is 4.99. The van der Waals surface area contributed by atoms with E-state index in [2.05, 4.69) is 317 Å². The van der Waals surface area contributed by atoms with E-state index in [0.29, 0.717) is 0 Å². The number of nitrogens with zero attached hydrogens (tertiary/aromatic N) is 8. The van der Waals surface area contributed by atoms with Gasteiger partial charge in [0.2, 0.25) is 0 Å². The van der Waals surface area contributed by atoms with Gasteiger partial charge >= 0.3 is 0 Å². The van der Waals surface area contributed by atoms with Crippen molar-refractivity contribution >= 4 is 171 Å². The van der Waals surface area contributed by atoms with E-state index in [1.165, 1.54) is 204 Å². The van der Waals surface area contributed by atoms with Gasteiger partial charge in [0.25, 0.3) is 0 Å². The molecule has 1 fully saturated rings. The van der Waals surface area contributed by atoms with E-state index in [9.17, 15) is 0 Å². The van der Waals surface area contributed by atoms with Crippen LogP contribution in [-0.4, -0.2) is 170 Å². The SMILES string of the molecule is CC1=C(C)c2cc3[nH]c(cc4[nH]c(cc5nc(cc1n2)C(C)=C5C)c(C)c4C)c(C)c3C.CN1CCN(C)CCN(C)CCN(C)CCN(C)CCN(C)CC1.Cc1cc2c3cc(C)c(C)cc3c3cc(C)c(C)cc3c2cc1C.Cc1cc2sc3c(c2cc1C)c1sc2cc(C)c(C)cc2c1c1sc2cc(C)c(C)cc2c31. The molecule has 1 saturated heterocycles.